The summed E-state index contributed by atoms with van der Waals surface area (Å²) in [5.41, 5.74) is -0.541. The van der Waals surface area contributed by atoms with Crippen LogP contribution in [0.2, 0.25) is 0 Å². The van der Waals surface area contributed by atoms with Gasteiger partial charge in [0.15, 0.2) is 5.75 Å². The van der Waals surface area contributed by atoms with Crippen molar-refractivity contribution in [1.29, 1.82) is 0 Å². The minimum Gasteiger partial charge on any atom is -0.487 e. The van der Waals surface area contributed by atoms with Gasteiger partial charge in [-0.05, 0) is 46.8 Å². The number of hydrogen-bond donors (Lipinski definition) is 1. The van der Waals surface area contributed by atoms with E-state index in [1.165, 1.54) is 23.1 Å². The van der Waals surface area contributed by atoms with E-state index in [0.717, 1.165) is 0 Å². The van der Waals surface area contributed by atoms with Crippen molar-refractivity contribution in [3.8, 4) is 5.75 Å². The lowest BCUT2D eigenvalue weighted by Gasteiger charge is -2.25. The molecule has 0 fully saturated rings. The van der Waals surface area contributed by atoms with E-state index >= 15 is 0 Å². The maximum absolute atomic E-state index is 12.6. The van der Waals surface area contributed by atoms with Gasteiger partial charge in [0, 0.05) is 23.7 Å². The molecule has 1 rings (SSSR count). The van der Waals surface area contributed by atoms with Gasteiger partial charge in [-0.1, -0.05) is 0 Å². The predicted molar refractivity (Wildman–Crippen MR) is 93.7 cm³/mol. The molecule has 0 aliphatic carbocycles. The molecule has 0 bridgehead atoms. The molecule has 1 aromatic carbocycles. The maximum atomic E-state index is 12.6. The highest BCUT2D eigenvalue weighted by Crippen LogP contribution is 2.28. The van der Waals surface area contributed by atoms with E-state index in [1.54, 1.807) is 13.8 Å². The molecule has 0 heterocycles. The van der Waals surface area contributed by atoms with E-state index in [4.69, 9.17) is 4.74 Å². The van der Waals surface area contributed by atoms with E-state index in [-0.39, 0.29) is 36.1 Å². The van der Waals surface area contributed by atoms with Crippen LogP contribution < -0.4 is 10.1 Å². The summed E-state index contributed by atoms with van der Waals surface area (Å²) in [6, 6.07) is 4.04. The molecule has 8 heteroatoms. The second kappa shape index (κ2) is 8.46. The van der Waals surface area contributed by atoms with Gasteiger partial charge in [-0.15, -0.1) is 0 Å². The molecule has 25 heavy (non-hydrogen) atoms. The van der Waals surface area contributed by atoms with Gasteiger partial charge < -0.3 is 15.0 Å². The third-order valence-corrected chi connectivity index (χ3v) is 3.22. The molecule has 2 amide bonds. The highest BCUT2D eigenvalue weighted by Gasteiger charge is 2.23. The molecule has 0 saturated carbocycles. The van der Waals surface area contributed by atoms with E-state index in [9.17, 15) is 19.7 Å². The highest BCUT2D eigenvalue weighted by atomic mass is 16.6. The van der Waals surface area contributed by atoms with Gasteiger partial charge in [0.05, 0.1) is 18.1 Å². The Morgan fingerprint density at radius 3 is 2.40 bits per heavy atom. The van der Waals surface area contributed by atoms with Gasteiger partial charge in [-0.25, -0.2) is 0 Å². The Labute approximate surface area is 147 Å². The molecule has 0 unspecified atom stereocenters. The summed E-state index contributed by atoms with van der Waals surface area (Å²) in [6.07, 6.45) is 0. The summed E-state index contributed by atoms with van der Waals surface area (Å²) in [7, 11) is 0. The molecular weight excluding hydrogens is 326 g/mol. The molecule has 0 aliphatic heterocycles. The van der Waals surface area contributed by atoms with Gasteiger partial charge in [-0.2, -0.15) is 0 Å². The van der Waals surface area contributed by atoms with Crippen LogP contribution in [0.25, 0.3) is 0 Å². The lowest BCUT2D eigenvalue weighted by Crippen LogP contribution is -2.47. The number of amides is 2. The van der Waals surface area contributed by atoms with Gasteiger partial charge in [-0.3, -0.25) is 19.7 Å². The van der Waals surface area contributed by atoms with E-state index in [0.29, 0.717) is 6.54 Å². The fraction of sp³-hybridized carbons (Fsp3) is 0.529. The number of benzene rings is 1. The topological polar surface area (TPSA) is 102 Å². The van der Waals surface area contributed by atoms with Crippen LogP contribution in [0.5, 0.6) is 5.75 Å². The van der Waals surface area contributed by atoms with Crippen molar-refractivity contribution in [1.82, 2.24) is 10.2 Å². The van der Waals surface area contributed by atoms with E-state index < -0.39 is 16.4 Å². The van der Waals surface area contributed by atoms with Crippen LogP contribution in [0.4, 0.5) is 5.69 Å². The highest BCUT2D eigenvalue weighted by molar-refractivity contribution is 5.97. The summed E-state index contributed by atoms with van der Waals surface area (Å²) >= 11 is 0. The average Bonchev–Trinajstić information content (AvgIpc) is 2.50. The Hall–Kier alpha value is -2.64. The number of hydrogen-bond acceptors (Lipinski definition) is 5. The molecule has 8 nitrogen and oxygen atoms in total. The second-order valence-corrected chi connectivity index (χ2v) is 6.49. The Morgan fingerprint density at radius 1 is 1.28 bits per heavy atom. The normalized spacial score (nSPS) is 10.9. The Kier molecular flexibility index (Phi) is 6.90. The summed E-state index contributed by atoms with van der Waals surface area (Å²) < 4.78 is 5.21. The number of nitro groups is 1. The van der Waals surface area contributed by atoms with Crippen molar-refractivity contribution in [3.05, 3.63) is 33.9 Å². The first-order valence-corrected chi connectivity index (χ1v) is 8.10. The number of nitro benzene ring substituents is 1. The number of nitrogens with zero attached hydrogens (tertiary/aromatic N) is 2. The van der Waals surface area contributed by atoms with Crippen LogP contribution in [0.1, 0.15) is 45.0 Å². The molecular formula is C17H25N3O5. The standard InChI is InChI=1S/C17H25N3O5/c1-6-19(11-15(21)18-17(3,4)5)16(22)12-8-9-14(25-7-2)13(10-12)20(23)24/h8-10H,6-7,11H2,1-5H3,(H,18,21). The fourth-order valence-corrected chi connectivity index (χ4v) is 2.21. The monoisotopic (exact) mass is 351 g/mol. The van der Waals surface area contributed by atoms with Crippen LogP contribution in [0, 0.1) is 10.1 Å². The van der Waals surface area contributed by atoms with E-state index in [1.807, 2.05) is 20.8 Å². The third-order valence-electron chi connectivity index (χ3n) is 3.22. The zero-order valence-corrected chi connectivity index (χ0v) is 15.3. The molecule has 1 aromatic rings. The largest absolute Gasteiger partial charge is 0.487 e. The SMILES string of the molecule is CCOc1ccc(C(=O)N(CC)CC(=O)NC(C)(C)C)cc1[N+](=O)[O-]. The maximum Gasteiger partial charge on any atom is 0.311 e. The summed E-state index contributed by atoms with van der Waals surface area (Å²) in [5, 5.41) is 14.0. The minimum absolute atomic E-state index is 0.109. The first kappa shape index (κ1) is 20.4. The van der Waals surface area contributed by atoms with Crippen LogP contribution in [0.3, 0.4) is 0 Å². The van der Waals surface area contributed by atoms with Crippen LogP contribution in [-0.4, -0.2) is 46.9 Å². The summed E-state index contributed by atoms with van der Waals surface area (Å²) in [6.45, 7) is 9.46. The van der Waals surface area contributed by atoms with Crippen LogP contribution >= 0.6 is 0 Å². The fourth-order valence-electron chi connectivity index (χ4n) is 2.21. The number of carbonyl (C=O) groups excluding carboxylic acids is 2. The van der Waals surface area contributed by atoms with Crippen molar-refractivity contribution in [2.24, 2.45) is 0 Å². The zero-order valence-electron chi connectivity index (χ0n) is 15.3. The molecule has 0 radical (unpaired) electrons. The molecule has 0 atom stereocenters. The van der Waals surface area contributed by atoms with Crippen LogP contribution in [0.15, 0.2) is 18.2 Å². The quantitative estimate of drug-likeness (QED) is 0.600. The third kappa shape index (κ3) is 6.06. The van der Waals surface area contributed by atoms with Gasteiger partial charge in [0.2, 0.25) is 5.91 Å². The first-order valence-electron chi connectivity index (χ1n) is 8.10. The molecule has 0 saturated heterocycles. The molecule has 0 spiro atoms. The number of carbonyl (C=O) groups is 2. The first-order chi connectivity index (χ1) is 11.6. The predicted octanol–water partition coefficient (Wildman–Crippen LogP) is 2.37. The molecule has 1 N–H and O–H groups in total. The van der Waals surface area contributed by atoms with Crippen molar-refractivity contribution in [2.45, 2.75) is 40.2 Å². The number of rotatable bonds is 7. The van der Waals surface area contributed by atoms with Crippen molar-refractivity contribution >= 4 is 17.5 Å². The summed E-state index contributed by atoms with van der Waals surface area (Å²) in [4.78, 5) is 36.6. The Balaban J connectivity index is 3.01. The molecule has 138 valence electrons. The minimum atomic E-state index is -0.593. The Bertz CT molecular complexity index is 652. The molecule has 0 aliphatic rings. The number of ether oxygens (including phenoxy) is 1. The molecule has 0 aromatic heterocycles. The zero-order chi connectivity index (χ0) is 19.2. The second-order valence-electron chi connectivity index (χ2n) is 6.49. The average molecular weight is 351 g/mol. The van der Waals surface area contributed by atoms with Crippen molar-refractivity contribution < 1.29 is 19.2 Å². The van der Waals surface area contributed by atoms with Gasteiger partial charge in [0.25, 0.3) is 5.91 Å². The van der Waals surface area contributed by atoms with Crippen LogP contribution in [-0.2, 0) is 4.79 Å². The number of nitrogens with one attached hydrogen (secondary N) is 1. The van der Waals surface area contributed by atoms with E-state index in [2.05, 4.69) is 5.32 Å². The summed E-state index contributed by atoms with van der Waals surface area (Å²) in [5.74, 6) is -0.626. The lowest BCUT2D eigenvalue weighted by molar-refractivity contribution is -0.385. The lowest BCUT2D eigenvalue weighted by atomic mass is 10.1. The smallest absolute Gasteiger partial charge is 0.311 e. The van der Waals surface area contributed by atoms with Gasteiger partial charge in [0.1, 0.15) is 0 Å². The Morgan fingerprint density at radius 2 is 1.92 bits per heavy atom. The van der Waals surface area contributed by atoms with Crippen molar-refractivity contribution in [2.75, 3.05) is 19.7 Å². The number of likely N-dealkylation sites (N-methyl/N-ethyl adjacent to an activating group) is 1. The van der Waals surface area contributed by atoms with Crippen molar-refractivity contribution in [3.63, 3.8) is 0 Å². The van der Waals surface area contributed by atoms with Gasteiger partial charge >= 0.3 is 5.69 Å².